The second-order valence-electron chi connectivity index (χ2n) is 4.00. The van der Waals surface area contributed by atoms with Gasteiger partial charge in [0.25, 0.3) is 0 Å². The molecule has 1 N–H and O–H groups in total. The largest absolute Gasteiger partial charge is 0.478 e. The highest BCUT2D eigenvalue weighted by atomic mass is 32.1. The molecule has 9 heteroatoms. The van der Waals surface area contributed by atoms with E-state index in [1.807, 2.05) is 0 Å². The highest BCUT2D eigenvalue weighted by molar-refractivity contribution is 7.78. The molecule has 2 aromatic rings. The van der Waals surface area contributed by atoms with Crippen molar-refractivity contribution in [3.8, 4) is 5.88 Å². The van der Waals surface area contributed by atoms with Gasteiger partial charge < -0.3 is 9.84 Å². The van der Waals surface area contributed by atoms with Crippen LogP contribution in [0.2, 0.25) is 0 Å². The summed E-state index contributed by atoms with van der Waals surface area (Å²) in [6.45, 7) is -0.567. The molecule has 0 saturated carbocycles. The molecule has 2 rings (SSSR count). The lowest BCUT2D eigenvalue weighted by atomic mass is 10.0. The fourth-order valence-corrected chi connectivity index (χ4v) is 1.88. The summed E-state index contributed by atoms with van der Waals surface area (Å²) in [5.74, 6) is -1.42. The number of ether oxygens (including phenoxy) is 1. The van der Waals surface area contributed by atoms with Gasteiger partial charge in [0, 0.05) is 17.8 Å². The van der Waals surface area contributed by atoms with Crippen LogP contribution in [0.15, 0.2) is 30.5 Å². The van der Waals surface area contributed by atoms with Crippen LogP contribution in [0, 0.1) is 0 Å². The number of carboxylic acid groups (broad SMARTS) is 1. The van der Waals surface area contributed by atoms with Crippen molar-refractivity contribution < 1.29 is 27.8 Å². The number of halogens is 3. The summed E-state index contributed by atoms with van der Waals surface area (Å²) in [6, 6.07) is 4.33. The van der Waals surface area contributed by atoms with Gasteiger partial charge in [-0.1, -0.05) is 6.07 Å². The van der Waals surface area contributed by atoms with E-state index in [1.165, 1.54) is 12.3 Å². The maximum absolute atomic E-state index is 12.9. The van der Waals surface area contributed by atoms with Crippen LogP contribution in [0.3, 0.4) is 0 Å². The van der Waals surface area contributed by atoms with Crippen LogP contribution in [0.5, 0.6) is 5.88 Å². The molecule has 0 saturated heterocycles. The molecule has 0 aliphatic heterocycles. The van der Waals surface area contributed by atoms with Crippen molar-refractivity contribution in [3.05, 3.63) is 47.2 Å². The van der Waals surface area contributed by atoms with Gasteiger partial charge in [-0.25, -0.2) is 8.88 Å². The highest BCUT2D eigenvalue weighted by Crippen LogP contribution is 2.34. The van der Waals surface area contributed by atoms with Crippen molar-refractivity contribution in [1.29, 1.82) is 0 Å². The molecule has 112 valence electrons. The molecule has 0 aliphatic rings. The summed E-state index contributed by atoms with van der Waals surface area (Å²) in [7, 11) is 0. The minimum Gasteiger partial charge on any atom is -0.478 e. The van der Waals surface area contributed by atoms with E-state index in [1.54, 1.807) is 0 Å². The summed E-state index contributed by atoms with van der Waals surface area (Å²) in [6.07, 6.45) is -3.25. The minimum atomic E-state index is -4.67. The number of thiol groups is 1. The van der Waals surface area contributed by atoms with E-state index in [2.05, 4.69) is 17.9 Å². The lowest BCUT2D eigenvalue weighted by Gasteiger charge is -2.15. The summed E-state index contributed by atoms with van der Waals surface area (Å²) >= 11 is 3.86. The standard InChI is InChI=1S/C12H9F3N2O3S/c13-12(14,15)9-3-1-2-7(11(18)19)8(9)6-20-10-4-5-17(21)16-10/h1-5,21H,6H2,(H,18,19). The Kier molecular flexibility index (Phi) is 4.12. The number of hydrogen-bond donors (Lipinski definition) is 2. The summed E-state index contributed by atoms with van der Waals surface area (Å²) in [5, 5.41) is 12.7. The zero-order valence-corrected chi connectivity index (χ0v) is 11.2. The molecule has 1 aromatic carbocycles. The van der Waals surface area contributed by atoms with Gasteiger partial charge in [-0.05, 0) is 24.9 Å². The monoisotopic (exact) mass is 318 g/mol. The first-order valence-corrected chi connectivity index (χ1v) is 5.99. The van der Waals surface area contributed by atoms with Gasteiger partial charge in [-0.15, -0.1) is 5.10 Å². The number of carboxylic acids is 1. The van der Waals surface area contributed by atoms with Crippen LogP contribution in [0.4, 0.5) is 13.2 Å². The van der Waals surface area contributed by atoms with Crippen LogP contribution in [0.1, 0.15) is 21.5 Å². The highest BCUT2D eigenvalue weighted by Gasteiger charge is 2.35. The number of alkyl halides is 3. The molecule has 0 unspecified atom stereocenters. The number of benzene rings is 1. The van der Waals surface area contributed by atoms with Crippen molar-refractivity contribution in [2.45, 2.75) is 12.8 Å². The average molecular weight is 318 g/mol. The van der Waals surface area contributed by atoms with Crippen LogP contribution in [-0.4, -0.2) is 20.3 Å². The van der Waals surface area contributed by atoms with E-state index in [9.17, 15) is 18.0 Å². The Hall–Kier alpha value is -2.16. The predicted octanol–water partition coefficient (Wildman–Crippen LogP) is 2.87. The van der Waals surface area contributed by atoms with Gasteiger partial charge in [0.15, 0.2) is 0 Å². The number of aromatic nitrogens is 2. The Bertz CT molecular complexity index is 670. The topological polar surface area (TPSA) is 64.3 Å². The average Bonchev–Trinajstić information content (AvgIpc) is 2.80. The number of nitrogens with zero attached hydrogens (tertiary/aromatic N) is 2. The van der Waals surface area contributed by atoms with E-state index in [0.29, 0.717) is 0 Å². The van der Waals surface area contributed by atoms with Crippen LogP contribution in [0.25, 0.3) is 0 Å². The van der Waals surface area contributed by atoms with Gasteiger partial charge in [-0.3, -0.25) is 0 Å². The normalized spacial score (nSPS) is 11.4. The molecule has 0 atom stereocenters. The van der Waals surface area contributed by atoms with E-state index in [4.69, 9.17) is 9.84 Å². The van der Waals surface area contributed by atoms with Crippen molar-refractivity contribution in [2.75, 3.05) is 0 Å². The van der Waals surface area contributed by atoms with Crippen LogP contribution < -0.4 is 4.74 Å². The quantitative estimate of drug-likeness (QED) is 0.851. The first-order chi connectivity index (χ1) is 9.79. The van der Waals surface area contributed by atoms with E-state index >= 15 is 0 Å². The molecule has 21 heavy (non-hydrogen) atoms. The lowest BCUT2D eigenvalue weighted by molar-refractivity contribution is -0.138. The zero-order valence-electron chi connectivity index (χ0n) is 10.3. The first-order valence-electron chi connectivity index (χ1n) is 5.59. The predicted molar refractivity (Wildman–Crippen MR) is 69.3 cm³/mol. The Balaban J connectivity index is 2.37. The minimum absolute atomic E-state index is 0.0401. The molecule has 1 aromatic heterocycles. The molecular weight excluding hydrogens is 309 g/mol. The third kappa shape index (κ3) is 3.48. The molecular formula is C12H9F3N2O3S. The summed E-state index contributed by atoms with van der Waals surface area (Å²) in [5.41, 5.74) is -1.96. The molecule has 0 aliphatic carbocycles. The van der Waals surface area contributed by atoms with E-state index < -0.39 is 35.4 Å². The van der Waals surface area contributed by atoms with Crippen molar-refractivity contribution in [2.24, 2.45) is 0 Å². The van der Waals surface area contributed by atoms with E-state index in [0.717, 1.165) is 22.3 Å². The molecule has 0 bridgehead atoms. The molecule has 0 amide bonds. The van der Waals surface area contributed by atoms with Crippen LogP contribution in [-0.2, 0) is 12.8 Å². The smallest absolute Gasteiger partial charge is 0.416 e. The zero-order chi connectivity index (χ0) is 15.6. The Morgan fingerprint density at radius 1 is 1.38 bits per heavy atom. The number of rotatable bonds is 4. The number of carbonyl (C=O) groups is 1. The SMILES string of the molecule is O=C(O)c1cccc(C(F)(F)F)c1COc1ccn(S)n1. The Labute approximate surface area is 122 Å². The van der Waals surface area contributed by atoms with Crippen molar-refractivity contribution in [1.82, 2.24) is 9.19 Å². The second kappa shape index (κ2) is 5.68. The molecule has 5 nitrogen and oxygen atoms in total. The lowest BCUT2D eigenvalue weighted by Crippen LogP contribution is -2.15. The first kappa shape index (κ1) is 15.2. The number of aromatic carboxylic acids is 1. The second-order valence-corrected chi connectivity index (χ2v) is 4.41. The van der Waals surface area contributed by atoms with Gasteiger partial charge in [0.2, 0.25) is 5.88 Å². The van der Waals surface area contributed by atoms with Gasteiger partial charge in [0.1, 0.15) is 6.61 Å². The maximum atomic E-state index is 12.9. The molecule has 0 radical (unpaired) electrons. The molecule has 0 spiro atoms. The van der Waals surface area contributed by atoms with E-state index in [-0.39, 0.29) is 5.88 Å². The number of hydrogen-bond acceptors (Lipinski definition) is 4. The fraction of sp³-hybridized carbons (Fsp3) is 0.167. The van der Waals surface area contributed by atoms with Crippen molar-refractivity contribution >= 4 is 18.8 Å². The third-order valence-electron chi connectivity index (χ3n) is 2.63. The Morgan fingerprint density at radius 3 is 2.62 bits per heavy atom. The van der Waals surface area contributed by atoms with Gasteiger partial charge in [0.05, 0.1) is 11.1 Å². The summed E-state index contributed by atoms with van der Waals surface area (Å²) < 4.78 is 45.0. The molecule has 1 heterocycles. The van der Waals surface area contributed by atoms with Gasteiger partial charge in [-0.2, -0.15) is 13.2 Å². The third-order valence-corrected chi connectivity index (χ3v) is 2.85. The summed E-state index contributed by atoms with van der Waals surface area (Å²) in [4.78, 5) is 11.1. The van der Waals surface area contributed by atoms with Crippen LogP contribution >= 0.6 is 12.8 Å². The Morgan fingerprint density at radius 2 is 2.10 bits per heavy atom. The van der Waals surface area contributed by atoms with Gasteiger partial charge >= 0.3 is 12.1 Å². The maximum Gasteiger partial charge on any atom is 0.416 e. The molecule has 0 fully saturated rings. The fourth-order valence-electron chi connectivity index (χ4n) is 1.73. The van der Waals surface area contributed by atoms with Crippen molar-refractivity contribution in [3.63, 3.8) is 0 Å².